The Morgan fingerprint density at radius 3 is 2.58 bits per heavy atom. The minimum absolute atomic E-state index is 0.375. The highest BCUT2D eigenvalue weighted by molar-refractivity contribution is 6.30. The van der Waals surface area contributed by atoms with Gasteiger partial charge in [-0.1, -0.05) is 18.5 Å². The quantitative estimate of drug-likeness (QED) is 0.912. The highest BCUT2D eigenvalue weighted by Gasteiger charge is 2.27. The summed E-state index contributed by atoms with van der Waals surface area (Å²) in [5.41, 5.74) is 0. The van der Waals surface area contributed by atoms with E-state index in [2.05, 4.69) is 9.88 Å². The van der Waals surface area contributed by atoms with Crippen LogP contribution in [-0.4, -0.2) is 53.2 Å². The van der Waals surface area contributed by atoms with Crippen LogP contribution in [-0.2, 0) is 4.79 Å². The average Bonchev–Trinajstić information content (AvgIpc) is 2.41. The van der Waals surface area contributed by atoms with E-state index < -0.39 is 5.97 Å². The van der Waals surface area contributed by atoms with Crippen molar-refractivity contribution in [2.24, 2.45) is 0 Å². The molecule has 2 rings (SSSR count). The number of carbonyl (C=O) groups is 1. The number of aromatic nitrogens is 1. The van der Waals surface area contributed by atoms with E-state index in [0.717, 1.165) is 32.0 Å². The number of piperazine rings is 1. The summed E-state index contributed by atoms with van der Waals surface area (Å²) < 4.78 is 0. The van der Waals surface area contributed by atoms with Crippen LogP contribution in [0.1, 0.15) is 13.3 Å². The second-order valence-corrected chi connectivity index (χ2v) is 5.06. The number of hydrogen-bond donors (Lipinski definition) is 1. The summed E-state index contributed by atoms with van der Waals surface area (Å²) in [5, 5.41) is 9.78. The molecule has 0 spiro atoms. The summed E-state index contributed by atoms with van der Waals surface area (Å²) in [4.78, 5) is 19.6. The van der Waals surface area contributed by atoms with Crippen molar-refractivity contribution >= 4 is 23.4 Å². The van der Waals surface area contributed by atoms with Crippen LogP contribution >= 0.6 is 11.6 Å². The molecule has 104 valence electrons. The summed E-state index contributed by atoms with van der Waals surface area (Å²) in [5.74, 6) is 0.160. The van der Waals surface area contributed by atoms with Crippen molar-refractivity contribution < 1.29 is 9.90 Å². The van der Waals surface area contributed by atoms with Gasteiger partial charge in [-0.2, -0.15) is 0 Å². The van der Waals surface area contributed by atoms with Crippen molar-refractivity contribution in [2.75, 3.05) is 31.1 Å². The summed E-state index contributed by atoms with van der Waals surface area (Å²) in [6, 6.07) is 3.34. The maximum absolute atomic E-state index is 11.1. The van der Waals surface area contributed by atoms with Crippen LogP contribution in [0.15, 0.2) is 18.3 Å². The average molecular weight is 284 g/mol. The van der Waals surface area contributed by atoms with Crippen LogP contribution in [0.25, 0.3) is 0 Å². The third kappa shape index (κ3) is 3.36. The Labute approximate surface area is 117 Å². The number of aliphatic carboxylic acids is 1. The van der Waals surface area contributed by atoms with Crippen LogP contribution in [0.4, 0.5) is 5.82 Å². The Bertz CT molecular complexity index is 430. The molecule has 1 N–H and O–H groups in total. The summed E-state index contributed by atoms with van der Waals surface area (Å²) in [6.45, 7) is 4.98. The van der Waals surface area contributed by atoms with Gasteiger partial charge in [0.05, 0.1) is 5.02 Å². The first-order valence-electron chi connectivity index (χ1n) is 6.45. The van der Waals surface area contributed by atoms with Crippen LogP contribution in [0.2, 0.25) is 5.02 Å². The van der Waals surface area contributed by atoms with Crippen molar-refractivity contribution in [1.29, 1.82) is 0 Å². The van der Waals surface area contributed by atoms with Crippen LogP contribution in [0.5, 0.6) is 0 Å². The van der Waals surface area contributed by atoms with Gasteiger partial charge < -0.3 is 10.0 Å². The number of nitrogens with zero attached hydrogens (tertiary/aromatic N) is 3. The molecule has 0 amide bonds. The molecule has 1 aromatic heterocycles. The zero-order valence-electron chi connectivity index (χ0n) is 10.9. The molecular formula is C13H18ClN3O2. The van der Waals surface area contributed by atoms with E-state index in [9.17, 15) is 4.79 Å². The second kappa shape index (κ2) is 6.21. The lowest BCUT2D eigenvalue weighted by molar-refractivity contribution is -0.143. The van der Waals surface area contributed by atoms with E-state index in [4.69, 9.17) is 16.7 Å². The first kappa shape index (κ1) is 14.1. The molecular weight excluding hydrogens is 266 g/mol. The highest BCUT2D eigenvalue weighted by atomic mass is 35.5. The third-order valence-corrected chi connectivity index (χ3v) is 3.69. The Morgan fingerprint density at radius 1 is 1.42 bits per heavy atom. The standard InChI is InChI=1S/C13H18ClN3O2/c1-2-11(13(18)19)16-5-7-17(8-6-16)12-4-3-10(14)9-15-12/h3-4,9,11H,2,5-8H2,1H3,(H,18,19). The molecule has 0 aliphatic carbocycles. The van der Waals surface area contributed by atoms with Gasteiger partial charge in [0.1, 0.15) is 11.9 Å². The van der Waals surface area contributed by atoms with E-state index in [1.807, 2.05) is 24.0 Å². The van der Waals surface area contributed by atoms with Crippen LogP contribution < -0.4 is 4.90 Å². The monoisotopic (exact) mass is 283 g/mol. The van der Waals surface area contributed by atoms with Gasteiger partial charge in [-0.3, -0.25) is 9.69 Å². The van der Waals surface area contributed by atoms with E-state index in [1.165, 1.54) is 0 Å². The zero-order chi connectivity index (χ0) is 13.8. The minimum atomic E-state index is -0.736. The molecule has 1 unspecified atom stereocenters. The number of rotatable bonds is 4. The fraction of sp³-hybridized carbons (Fsp3) is 0.538. The number of halogens is 1. The topological polar surface area (TPSA) is 56.7 Å². The fourth-order valence-electron chi connectivity index (χ4n) is 2.41. The lowest BCUT2D eigenvalue weighted by Gasteiger charge is -2.37. The molecule has 1 atom stereocenters. The Balaban J connectivity index is 1.95. The lowest BCUT2D eigenvalue weighted by atomic mass is 10.1. The van der Waals surface area contributed by atoms with E-state index in [1.54, 1.807) is 6.20 Å². The van der Waals surface area contributed by atoms with Gasteiger partial charge in [-0.05, 0) is 18.6 Å². The van der Waals surface area contributed by atoms with E-state index in [-0.39, 0.29) is 6.04 Å². The smallest absolute Gasteiger partial charge is 0.320 e. The maximum Gasteiger partial charge on any atom is 0.320 e. The largest absolute Gasteiger partial charge is 0.480 e. The molecule has 0 radical (unpaired) electrons. The Hall–Kier alpha value is -1.33. The molecule has 1 aliphatic heterocycles. The van der Waals surface area contributed by atoms with Crippen molar-refractivity contribution in [1.82, 2.24) is 9.88 Å². The summed E-state index contributed by atoms with van der Waals surface area (Å²) >= 11 is 5.81. The van der Waals surface area contributed by atoms with Gasteiger partial charge in [-0.25, -0.2) is 4.98 Å². The van der Waals surface area contributed by atoms with Crippen molar-refractivity contribution in [3.8, 4) is 0 Å². The SMILES string of the molecule is CCC(C(=O)O)N1CCN(c2ccc(Cl)cn2)CC1. The van der Waals surface area contributed by atoms with Crippen molar-refractivity contribution in [3.05, 3.63) is 23.4 Å². The Kier molecular flexibility index (Phi) is 4.61. The number of hydrogen-bond acceptors (Lipinski definition) is 4. The lowest BCUT2D eigenvalue weighted by Crippen LogP contribution is -2.52. The predicted octanol–water partition coefficient (Wildman–Crippen LogP) is 1.72. The number of pyridine rings is 1. The van der Waals surface area contributed by atoms with Gasteiger partial charge in [0.15, 0.2) is 0 Å². The molecule has 0 bridgehead atoms. The minimum Gasteiger partial charge on any atom is -0.480 e. The maximum atomic E-state index is 11.1. The molecule has 0 aromatic carbocycles. The zero-order valence-corrected chi connectivity index (χ0v) is 11.7. The second-order valence-electron chi connectivity index (χ2n) is 4.62. The molecule has 1 aliphatic rings. The first-order valence-corrected chi connectivity index (χ1v) is 6.83. The predicted molar refractivity (Wildman–Crippen MR) is 74.7 cm³/mol. The van der Waals surface area contributed by atoms with Crippen molar-refractivity contribution in [2.45, 2.75) is 19.4 Å². The van der Waals surface area contributed by atoms with E-state index >= 15 is 0 Å². The third-order valence-electron chi connectivity index (χ3n) is 3.46. The van der Waals surface area contributed by atoms with Gasteiger partial charge in [0.2, 0.25) is 0 Å². The van der Waals surface area contributed by atoms with Gasteiger partial charge in [0.25, 0.3) is 0 Å². The normalized spacial score (nSPS) is 18.3. The van der Waals surface area contributed by atoms with Gasteiger partial charge in [0, 0.05) is 32.4 Å². The van der Waals surface area contributed by atoms with E-state index in [0.29, 0.717) is 11.4 Å². The number of carboxylic acids is 1. The molecule has 1 saturated heterocycles. The fourth-order valence-corrected chi connectivity index (χ4v) is 2.52. The number of anilines is 1. The van der Waals surface area contributed by atoms with Crippen molar-refractivity contribution in [3.63, 3.8) is 0 Å². The molecule has 5 nitrogen and oxygen atoms in total. The number of carboxylic acid groups (broad SMARTS) is 1. The summed E-state index contributed by atoms with van der Waals surface area (Å²) in [6.07, 6.45) is 2.27. The molecule has 1 aromatic rings. The molecule has 1 fully saturated rings. The molecule has 2 heterocycles. The molecule has 0 saturated carbocycles. The van der Waals surface area contributed by atoms with Gasteiger partial charge in [-0.15, -0.1) is 0 Å². The Morgan fingerprint density at radius 2 is 2.11 bits per heavy atom. The summed E-state index contributed by atoms with van der Waals surface area (Å²) in [7, 11) is 0. The molecule has 19 heavy (non-hydrogen) atoms. The van der Waals surface area contributed by atoms with Crippen LogP contribution in [0, 0.1) is 0 Å². The highest BCUT2D eigenvalue weighted by Crippen LogP contribution is 2.17. The van der Waals surface area contributed by atoms with Crippen LogP contribution in [0.3, 0.4) is 0 Å². The molecule has 6 heteroatoms. The van der Waals surface area contributed by atoms with Gasteiger partial charge >= 0.3 is 5.97 Å². The first-order chi connectivity index (χ1) is 9.11.